The molecule has 0 spiro atoms. The predicted molar refractivity (Wildman–Crippen MR) is 168 cm³/mol. The average Bonchev–Trinajstić information content (AvgIpc) is 3.55. The number of H-pyrrole nitrogens is 1. The Morgan fingerprint density at radius 3 is 2.27 bits per heavy atom. The number of hydrogen-bond acceptors (Lipinski definition) is 8. The van der Waals surface area contributed by atoms with Crippen LogP contribution in [-0.4, -0.2) is 77.4 Å². The lowest BCUT2D eigenvalue weighted by Crippen LogP contribution is -2.53. The van der Waals surface area contributed by atoms with Crippen LogP contribution in [0.2, 0.25) is 0 Å². The number of amides is 4. The van der Waals surface area contributed by atoms with Crippen molar-refractivity contribution in [1.29, 1.82) is 0 Å². The molecule has 2 fully saturated rings. The number of Topliss-reactive ketones (excluding diaryl/α,β-unsaturated/α-hetero) is 1. The third kappa shape index (κ3) is 9.97. The van der Waals surface area contributed by atoms with Gasteiger partial charge in [-0.3, -0.25) is 19.2 Å². The van der Waals surface area contributed by atoms with Crippen LogP contribution < -0.4 is 21.3 Å². The third-order valence-corrected chi connectivity index (χ3v) is 8.12. The fourth-order valence-corrected chi connectivity index (χ4v) is 5.40. The molecule has 15 heteroatoms. The van der Waals surface area contributed by atoms with Gasteiger partial charge in [-0.25, -0.2) is 18.4 Å². The molecule has 4 atom stereocenters. The van der Waals surface area contributed by atoms with E-state index in [4.69, 9.17) is 9.47 Å². The number of carbonyl (C=O) groups excluding carboxylic acids is 6. The number of nitrogens with one attached hydrogen (secondary N) is 5. The molecule has 48 heavy (non-hydrogen) atoms. The molecule has 1 saturated heterocycles. The number of hydrogen-bond donors (Lipinski definition) is 5. The highest BCUT2D eigenvalue weighted by atomic mass is 19.1. The maximum absolute atomic E-state index is 14.2. The van der Waals surface area contributed by atoms with Crippen LogP contribution in [0.4, 0.5) is 13.6 Å². The molecular weight excluding hydrogens is 632 g/mol. The summed E-state index contributed by atoms with van der Waals surface area (Å²) in [5, 5.41) is 10.6. The van der Waals surface area contributed by atoms with Gasteiger partial charge in [-0.1, -0.05) is 26.7 Å². The fourth-order valence-electron chi connectivity index (χ4n) is 5.40. The number of rotatable bonds is 14. The van der Waals surface area contributed by atoms with Crippen LogP contribution in [0.1, 0.15) is 77.2 Å². The summed E-state index contributed by atoms with van der Waals surface area (Å²) in [6.45, 7) is 7.98. The minimum atomic E-state index is -1.25. The Hall–Kier alpha value is -4.56. The zero-order valence-electron chi connectivity index (χ0n) is 27.7. The number of aromatic nitrogens is 1. The molecule has 0 radical (unpaired) electrons. The molecule has 2 aromatic rings. The van der Waals surface area contributed by atoms with Crippen molar-refractivity contribution in [3.63, 3.8) is 0 Å². The van der Waals surface area contributed by atoms with Gasteiger partial charge in [-0.2, -0.15) is 0 Å². The topological polar surface area (TPSA) is 185 Å². The van der Waals surface area contributed by atoms with Crippen molar-refractivity contribution in [1.82, 2.24) is 26.3 Å². The number of alkyl carbamates (subject to hydrolysis) is 1. The minimum Gasteiger partial charge on any atom is -0.456 e. The Labute approximate surface area is 276 Å². The van der Waals surface area contributed by atoms with Crippen LogP contribution >= 0.6 is 0 Å². The molecule has 1 saturated carbocycles. The van der Waals surface area contributed by atoms with E-state index in [1.807, 2.05) is 0 Å². The van der Waals surface area contributed by atoms with Crippen molar-refractivity contribution < 1.29 is 47.0 Å². The van der Waals surface area contributed by atoms with E-state index in [1.54, 1.807) is 34.6 Å². The lowest BCUT2D eigenvalue weighted by molar-refractivity contribution is -0.151. The van der Waals surface area contributed by atoms with Crippen molar-refractivity contribution >= 4 is 46.5 Å². The number of aromatic amines is 1. The van der Waals surface area contributed by atoms with Crippen LogP contribution in [0.15, 0.2) is 18.2 Å². The van der Waals surface area contributed by atoms with Gasteiger partial charge in [0.2, 0.25) is 11.8 Å². The molecule has 1 aliphatic heterocycles. The van der Waals surface area contributed by atoms with Crippen LogP contribution in [0.5, 0.6) is 0 Å². The summed E-state index contributed by atoms with van der Waals surface area (Å²) in [7, 11) is 0. The summed E-state index contributed by atoms with van der Waals surface area (Å²) in [6, 6.07) is -0.461. The van der Waals surface area contributed by atoms with Crippen molar-refractivity contribution in [3.8, 4) is 0 Å². The highest BCUT2D eigenvalue weighted by Gasteiger charge is 2.36. The molecule has 2 aliphatic rings. The first-order valence-electron chi connectivity index (χ1n) is 16.1. The third-order valence-electron chi connectivity index (χ3n) is 8.12. The molecule has 4 rings (SSSR count). The van der Waals surface area contributed by atoms with Crippen molar-refractivity contribution in [2.75, 3.05) is 13.2 Å². The standard InChI is InChI=1S/C33H43F2N5O8/c1-16(2)26(40-32(46)48-33(3,4)5)31(45)47-15-25(41)22(12-18-8-9-36-28(18)42)38-29(43)23(10-17-6-7-17)39-30(44)24-13-19-11-20(34)14-21(35)27(19)37-24/h11,13-14,16-18,22-23,26,37H,6-10,12,15H2,1-5H3,(H,36,42)(H,38,43)(H,39,44)(H,40,46)/t18-,22?,23-,26-/m0/s1. The normalized spacial score (nSPS) is 18.1. The van der Waals surface area contributed by atoms with E-state index in [0.29, 0.717) is 19.0 Å². The van der Waals surface area contributed by atoms with Gasteiger partial charge >= 0.3 is 12.1 Å². The Morgan fingerprint density at radius 2 is 1.67 bits per heavy atom. The molecule has 1 aromatic carbocycles. The molecule has 4 amide bonds. The fraction of sp³-hybridized carbons (Fsp3) is 0.576. The Morgan fingerprint density at radius 1 is 0.958 bits per heavy atom. The zero-order valence-corrected chi connectivity index (χ0v) is 27.7. The molecule has 5 N–H and O–H groups in total. The van der Waals surface area contributed by atoms with Gasteiger partial charge in [0.15, 0.2) is 12.4 Å². The summed E-state index contributed by atoms with van der Waals surface area (Å²) < 4.78 is 38.4. The second kappa shape index (κ2) is 15.1. The smallest absolute Gasteiger partial charge is 0.408 e. The molecule has 1 aromatic heterocycles. The summed E-state index contributed by atoms with van der Waals surface area (Å²) in [4.78, 5) is 80.5. The lowest BCUT2D eigenvalue weighted by atomic mass is 9.95. The number of fused-ring (bicyclic) bond motifs is 1. The van der Waals surface area contributed by atoms with Gasteiger partial charge < -0.3 is 35.7 Å². The molecular formula is C33H43F2N5O8. The van der Waals surface area contributed by atoms with Gasteiger partial charge in [0, 0.05) is 23.9 Å². The van der Waals surface area contributed by atoms with E-state index in [0.717, 1.165) is 18.9 Å². The number of halogens is 2. The summed E-state index contributed by atoms with van der Waals surface area (Å²) in [6.07, 6.45) is 1.45. The van der Waals surface area contributed by atoms with Gasteiger partial charge in [-0.05, 0) is 64.0 Å². The quantitative estimate of drug-likeness (QED) is 0.189. The number of carbonyl (C=O) groups is 6. The minimum absolute atomic E-state index is 0.0687. The first-order chi connectivity index (χ1) is 22.5. The zero-order chi connectivity index (χ0) is 35.3. The van der Waals surface area contributed by atoms with E-state index < -0.39 is 83.5 Å². The van der Waals surface area contributed by atoms with Gasteiger partial charge in [0.1, 0.15) is 35.0 Å². The van der Waals surface area contributed by atoms with Crippen LogP contribution in [-0.2, 0) is 28.7 Å². The van der Waals surface area contributed by atoms with Gasteiger partial charge in [-0.15, -0.1) is 0 Å². The summed E-state index contributed by atoms with van der Waals surface area (Å²) >= 11 is 0. The van der Waals surface area contributed by atoms with Gasteiger partial charge in [0.25, 0.3) is 5.91 Å². The number of ether oxygens (including phenoxy) is 2. The molecule has 0 bridgehead atoms. The molecule has 1 aliphatic carbocycles. The van der Waals surface area contributed by atoms with Crippen molar-refractivity contribution in [2.24, 2.45) is 17.8 Å². The lowest BCUT2D eigenvalue weighted by Gasteiger charge is -2.26. The first kappa shape index (κ1) is 36.3. The highest BCUT2D eigenvalue weighted by molar-refractivity contribution is 6.01. The van der Waals surface area contributed by atoms with E-state index >= 15 is 0 Å². The largest absolute Gasteiger partial charge is 0.456 e. The Balaban J connectivity index is 1.46. The van der Waals surface area contributed by atoms with E-state index in [-0.39, 0.29) is 41.3 Å². The van der Waals surface area contributed by atoms with E-state index in [2.05, 4.69) is 26.3 Å². The first-order valence-corrected chi connectivity index (χ1v) is 16.1. The molecule has 2 heterocycles. The summed E-state index contributed by atoms with van der Waals surface area (Å²) in [5.74, 6) is -5.86. The number of ketones is 1. The maximum atomic E-state index is 14.2. The summed E-state index contributed by atoms with van der Waals surface area (Å²) in [5.41, 5.74) is -0.974. The van der Waals surface area contributed by atoms with Crippen LogP contribution in [0.3, 0.4) is 0 Å². The molecule has 262 valence electrons. The second-order valence-corrected chi connectivity index (χ2v) is 13.8. The van der Waals surface area contributed by atoms with E-state index in [1.165, 1.54) is 6.07 Å². The number of esters is 1. The van der Waals surface area contributed by atoms with Gasteiger partial charge in [0.05, 0.1) is 11.6 Å². The van der Waals surface area contributed by atoms with Crippen LogP contribution in [0, 0.1) is 29.4 Å². The van der Waals surface area contributed by atoms with Crippen LogP contribution in [0.25, 0.3) is 10.9 Å². The average molecular weight is 676 g/mol. The van der Waals surface area contributed by atoms with Crippen molar-refractivity contribution in [2.45, 2.75) is 90.4 Å². The molecule has 13 nitrogen and oxygen atoms in total. The van der Waals surface area contributed by atoms with E-state index in [9.17, 15) is 37.5 Å². The monoisotopic (exact) mass is 675 g/mol. The Bertz CT molecular complexity index is 1560. The Kier molecular flexibility index (Phi) is 11.4. The maximum Gasteiger partial charge on any atom is 0.408 e. The second-order valence-electron chi connectivity index (χ2n) is 13.8. The highest BCUT2D eigenvalue weighted by Crippen LogP contribution is 2.34. The predicted octanol–water partition coefficient (Wildman–Crippen LogP) is 3.02. The molecule has 1 unspecified atom stereocenters. The number of benzene rings is 1. The van der Waals surface area contributed by atoms with Crippen molar-refractivity contribution in [3.05, 3.63) is 35.5 Å². The SMILES string of the molecule is CC(C)[C@H](NC(=O)OC(C)(C)C)C(=O)OCC(=O)C(C[C@@H]1CCNC1=O)NC(=O)[C@H](CC1CC1)NC(=O)c1cc2cc(F)cc(F)c2[nH]1.